The second kappa shape index (κ2) is 12.0. The highest BCUT2D eigenvalue weighted by molar-refractivity contribution is 5.93. The van der Waals surface area contributed by atoms with Crippen LogP contribution in [0.5, 0.6) is 0 Å². The second-order valence-corrected chi connectivity index (χ2v) is 8.37. The Balaban J connectivity index is 0.00000512. The van der Waals surface area contributed by atoms with Crippen molar-refractivity contribution in [1.29, 1.82) is 0 Å². The van der Waals surface area contributed by atoms with Crippen LogP contribution in [0.2, 0.25) is 0 Å². The maximum Gasteiger partial charge on any atom is 0.408 e. The average Bonchev–Trinajstić information content (AvgIpc) is 3.20. The van der Waals surface area contributed by atoms with E-state index in [1.165, 1.54) is 12.0 Å². The average molecular weight is 452 g/mol. The molecule has 0 saturated carbocycles. The molecule has 2 rings (SSSR count). The van der Waals surface area contributed by atoms with E-state index in [-0.39, 0.29) is 24.3 Å². The first-order valence-corrected chi connectivity index (χ1v) is 10.3. The number of amides is 3. The molecule has 2 atom stereocenters. The van der Waals surface area contributed by atoms with Gasteiger partial charge in [-0.1, -0.05) is 30.3 Å². The van der Waals surface area contributed by atoms with Gasteiger partial charge in [0.2, 0.25) is 11.8 Å². The molecule has 10 nitrogen and oxygen atoms in total. The van der Waals surface area contributed by atoms with Crippen LogP contribution < -0.4 is 10.6 Å². The van der Waals surface area contributed by atoms with Gasteiger partial charge in [-0.15, -0.1) is 0 Å². The van der Waals surface area contributed by atoms with Gasteiger partial charge in [-0.25, -0.2) is 4.79 Å². The lowest BCUT2D eigenvalue weighted by Gasteiger charge is -2.29. The summed E-state index contributed by atoms with van der Waals surface area (Å²) >= 11 is 0. The molecule has 0 aliphatic carbocycles. The van der Waals surface area contributed by atoms with Crippen LogP contribution in [0, 0.1) is 0 Å². The van der Waals surface area contributed by atoms with Gasteiger partial charge in [-0.05, 0) is 39.2 Å². The van der Waals surface area contributed by atoms with Crippen molar-refractivity contribution in [3.63, 3.8) is 0 Å². The summed E-state index contributed by atoms with van der Waals surface area (Å²) in [4.78, 5) is 51.0. The zero-order chi connectivity index (χ0) is 23.0. The van der Waals surface area contributed by atoms with E-state index in [1.807, 2.05) is 30.3 Å². The van der Waals surface area contributed by atoms with Crippen LogP contribution in [0.3, 0.4) is 0 Å². The molecule has 1 aromatic carbocycles. The van der Waals surface area contributed by atoms with Crippen molar-refractivity contribution in [2.24, 2.45) is 0 Å². The summed E-state index contributed by atoms with van der Waals surface area (Å²) < 4.78 is 9.85. The number of methoxy groups -OCH3 is 1. The van der Waals surface area contributed by atoms with Crippen molar-refractivity contribution in [2.45, 2.75) is 57.7 Å². The van der Waals surface area contributed by atoms with Crippen molar-refractivity contribution in [1.82, 2.24) is 15.5 Å². The van der Waals surface area contributed by atoms with Crippen LogP contribution in [0.15, 0.2) is 30.3 Å². The van der Waals surface area contributed by atoms with Crippen LogP contribution in [-0.4, -0.2) is 72.1 Å². The molecule has 10 heteroatoms. The lowest BCUT2D eigenvalue weighted by Crippen LogP contribution is -2.55. The first-order chi connectivity index (χ1) is 14.6. The minimum Gasteiger partial charge on any atom is -0.468 e. The van der Waals surface area contributed by atoms with Crippen LogP contribution in [0.1, 0.15) is 39.2 Å². The predicted octanol–water partition coefficient (Wildman–Crippen LogP) is 0.578. The maximum atomic E-state index is 13.3. The van der Waals surface area contributed by atoms with Crippen LogP contribution in [0.4, 0.5) is 4.79 Å². The number of hydrogen-bond donors (Lipinski definition) is 2. The Morgan fingerprint density at radius 1 is 1.16 bits per heavy atom. The molecule has 0 spiro atoms. The molecule has 1 saturated heterocycles. The van der Waals surface area contributed by atoms with Crippen LogP contribution >= 0.6 is 0 Å². The van der Waals surface area contributed by atoms with Gasteiger partial charge >= 0.3 is 12.1 Å². The minimum absolute atomic E-state index is 0. The highest BCUT2D eigenvalue weighted by Crippen LogP contribution is 2.20. The van der Waals surface area contributed by atoms with Gasteiger partial charge in [0.05, 0.1) is 7.11 Å². The van der Waals surface area contributed by atoms with Crippen molar-refractivity contribution in [3.8, 4) is 0 Å². The summed E-state index contributed by atoms with van der Waals surface area (Å²) in [5, 5.41) is 5.16. The number of nitrogens with zero attached hydrogens (tertiary/aromatic N) is 1. The summed E-state index contributed by atoms with van der Waals surface area (Å²) in [6, 6.07) is 7.68. The molecular formula is C22H33N3O7. The minimum atomic E-state index is -0.897. The molecule has 0 radical (unpaired) electrons. The Hall–Kier alpha value is -3.14. The predicted molar refractivity (Wildman–Crippen MR) is 117 cm³/mol. The third-order valence-corrected chi connectivity index (χ3v) is 4.74. The van der Waals surface area contributed by atoms with Gasteiger partial charge in [-0.2, -0.15) is 0 Å². The number of hydrogen-bond acceptors (Lipinski definition) is 6. The molecule has 0 bridgehead atoms. The van der Waals surface area contributed by atoms with E-state index < -0.39 is 35.7 Å². The van der Waals surface area contributed by atoms with Gasteiger partial charge in [0.25, 0.3) is 0 Å². The standard InChI is InChI=1S/C22H31N3O6.H2O/c1-22(2,3)31-21(29)24-16(13-15-9-6-5-7-10-15)20(28)25-12-8-11-17(25)19(27)23-14-18(26)30-4;/h5-7,9-10,16-17H,8,11-14H2,1-4H3,(H,23,27)(H,24,29);1H2/t16-,17+;/m0./s1. The monoisotopic (exact) mass is 451 g/mol. The Bertz CT molecular complexity index is 792. The quantitative estimate of drug-likeness (QED) is 0.580. The summed E-state index contributed by atoms with van der Waals surface area (Å²) in [6.07, 6.45) is 0.675. The Morgan fingerprint density at radius 2 is 1.81 bits per heavy atom. The van der Waals surface area contributed by atoms with E-state index in [0.717, 1.165) is 5.56 Å². The molecule has 0 unspecified atom stereocenters. The number of carbonyl (C=O) groups is 4. The van der Waals surface area contributed by atoms with Crippen molar-refractivity contribution >= 4 is 23.9 Å². The molecule has 178 valence electrons. The summed E-state index contributed by atoms with van der Waals surface area (Å²) in [5.74, 6) is -1.37. The normalized spacial score (nSPS) is 16.4. The second-order valence-electron chi connectivity index (χ2n) is 8.37. The number of carbonyl (C=O) groups excluding carboxylic acids is 4. The number of likely N-dealkylation sites (tertiary alicyclic amines) is 1. The van der Waals surface area contributed by atoms with E-state index in [0.29, 0.717) is 19.4 Å². The Kier molecular flexibility index (Phi) is 10.1. The highest BCUT2D eigenvalue weighted by Gasteiger charge is 2.38. The van der Waals surface area contributed by atoms with Gasteiger partial charge < -0.3 is 30.5 Å². The molecular weight excluding hydrogens is 418 g/mol. The van der Waals surface area contributed by atoms with E-state index in [9.17, 15) is 19.2 Å². The smallest absolute Gasteiger partial charge is 0.408 e. The Morgan fingerprint density at radius 3 is 2.41 bits per heavy atom. The SMILES string of the molecule is COC(=O)CNC(=O)[C@H]1CCCN1C(=O)[C@H](Cc1ccccc1)NC(=O)OC(C)(C)C.O. The fraction of sp³-hybridized carbons (Fsp3) is 0.545. The topological polar surface area (TPSA) is 146 Å². The maximum absolute atomic E-state index is 13.3. The van der Waals surface area contributed by atoms with Gasteiger partial charge in [0.15, 0.2) is 0 Å². The zero-order valence-electron chi connectivity index (χ0n) is 19.0. The van der Waals surface area contributed by atoms with Crippen LogP contribution in [0.25, 0.3) is 0 Å². The van der Waals surface area contributed by atoms with E-state index in [4.69, 9.17) is 4.74 Å². The molecule has 1 aliphatic rings. The summed E-state index contributed by atoms with van der Waals surface area (Å²) in [7, 11) is 1.23. The number of nitrogens with one attached hydrogen (secondary N) is 2. The molecule has 3 amide bonds. The lowest BCUT2D eigenvalue weighted by molar-refractivity contribution is -0.143. The molecule has 4 N–H and O–H groups in total. The zero-order valence-corrected chi connectivity index (χ0v) is 19.0. The largest absolute Gasteiger partial charge is 0.468 e. The van der Waals surface area contributed by atoms with E-state index in [1.54, 1.807) is 20.8 Å². The molecule has 1 aromatic rings. The van der Waals surface area contributed by atoms with Crippen LogP contribution in [-0.2, 0) is 30.3 Å². The third-order valence-electron chi connectivity index (χ3n) is 4.74. The fourth-order valence-electron chi connectivity index (χ4n) is 3.35. The number of alkyl carbamates (subject to hydrolysis) is 1. The van der Waals surface area contributed by atoms with E-state index in [2.05, 4.69) is 15.4 Å². The van der Waals surface area contributed by atoms with E-state index >= 15 is 0 Å². The number of esters is 1. The van der Waals surface area contributed by atoms with Crippen molar-refractivity contribution < 1.29 is 34.1 Å². The fourth-order valence-corrected chi connectivity index (χ4v) is 3.35. The van der Waals surface area contributed by atoms with Crippen molar-refractivity contribution in [2.75, 3.05) is 20.2 Å². The van der Waals surface area contributed by atoms with Gasteiger partial charge in [0, 0.05) is 13.0 Å². The van der Waals surface area contributed by atoms with Crippen molar-refractivity contribution in [3.05, 3.63) is 35.9 Å². The molecule has 1 fully saturated rings. The van der Waals surface area contributed by atoms with Gasteiger partial charge in [-0.3, -0.25) is 14.4 Å². The summed E-state index contributed by atoms with van der Waals surface area (Å²) in [6.45, 7) is 5.34. The number of ether oxygens (including phenoxy) is 2. The first-order valence-electron chi connectivity index (χ1n) is 10.3. The molecule has 32 heavy (non-hydrogen) atoms. The molecule has 1 heterocycles. The first kappa shape index (κ1) is 26.9. The molecule has 1 aliphatic heterocycles. The lowest BCUT2D eigenvalue weighted by atomic mass is 10.0. The highest BCUT2D eigenvalue weighted by atomic mass is 16.6. The number of rotatable bonds is 7. The summed E-state index contributed by atoms with van der Waals surface area (Å²) in [5.41, 5.74) is 0.150. The third kappa shape index (κ3) is 8.18. The Labute approximate surface area is 187 Å². The van der Waals surface area contributed by atoms with Gasteiger partial charge in [0.1, 0.15) is 24.2 Å². The number of benzene rings is 1. The molecule has 0 aromatic heterocycles.